The van der Waals surface area contributed by atoms with Crippen LogP contribution in [-0.2, 0) is 16.4 Å². The average Bonchev–Trinajstić information content (AvgIpc) is 2.80. The van der Waals surface area contributed by atoms with Crippen molar-refractivity contribution in [3.63, 3.8) is 0 Å². The molecule has 2 aromatic carbocycles. The predicted octanol–water partition coefficient (Wildman–Crippen LogP) is 4.79. The van der Waals surface area contributed by atoms with Crippen LogP contribution in [0.2, 0.25) is 0 Å². The quantitative estimate of drug-likeness (QED) is 0.487. The van der Waals surface area contributed by atoms with Gasteiger partial charge in [-0.3, -0.25) is 9.78 Å². The molecule has 0 atom stereocenters. The second kappa shape index (κ2) is 10.3. The molecular formula is C25H31N3O4S. The highest BCUT2D eigenvalue weighted by Crippen LogP contribution is 2.31. The molecule has 8 heteroatoms. The first kappa shape index (κ1) is 24.7. The SMILES string of the molecule is CCOc1ccc(S(=O)(=O)N(CC)CC)cc1NC(=O)c1c(C)c(CC)nc2ccccc12. The normalized spacial score (nSPS) is 11.7. The summed E-state index contributed by atoms with van der Waals surface area (Å²) in [5, 5.41) is 3.65. The molecule has 0 bridgehead atoms. The number of pyridine rings is 1. The molecule has 33 heavy (non-hydrogen) atoms. The highest BCUT2D eigenvalue weighted by molar-refractivity contribution is 7.89. The standard InChI is InChI=1S/C25H31N3O4S/c1-6-20-17(5)24(19-12-10-11-13-21(19)26-20)25(29)27-22-16-18(14-15-23(22)32-9-4)33(30,31)28(7-2)8-3/h10-16H,6-9H2,1-5H3,(H,27,29). The average molecular weight is 470 g/mol. The number of aromatic nitrogens is 1. The number of nitrogens with one attached hydrogen (secondary N) is 1. The van der Waals surface area contributed by atoms with Crippen molar-refractivity contribution in [3.05, 3.63) is 59.3 Å². The number of benzene rings is 2. The molecule has 0 saturated carbocycles. The molecule has 7 nitrogen and oxygen atoms in total. The molecule has 0 aliphatic heterocycles. The van der Waals surface area contributed by atoms with Crippen molar-refractivity contribution in [2.24, 2.45) is 0 Å². The lowest BCUT2D eigenvalue weighted by molar-refractivity contribution is 0.102. The Balaban J connectivity index is 2.11. The second-order valence-corrected chi connectivity index (χ2v) is 9.50. The summed E-state index contributed by atoms with van der Waals surface area (Å²) in [6, 6.07) is 12.1. The molecular weight excluding hydrogens is 438 g/mol. The number of ether oxygens (including phenoxy) is 1. The topological polar surface area (TPSA) is 88.6 Å². The number of nitrogens with zero attached hydrogens (tertiary/aromatic N) is 2. The fourth-order valence-corrected chi connectivity index (χ4v) is 5.43. The van der Waals surface area contributed by atoms with E-state index in [1.165, 1.54) is 16.4 Å². The minimum atomic E-state index is -3.69. The van der Waals surface area contributed by atoms with Gasteiger partial charge in [0.1, 0.15) is 5.75 Å². The maximum atomic E-state index is 13.5. The fraction of sp³-hybridized carbons (Fsp3) is 0.360. The van der Waals surface area contributed by atoms with Crippen LogP contribution in [0.5, 0.6) is 5.75 Å². The van der Waals surface area contributed by atoms with Gasteiger partial charge in [0.2, 0.25) is 10.0 Å². The Bertz CT molecular complexity index is 1270. The van der Waals surface area contributed by atoms with Crippen molar-refractivity contribution in [2.75, 3.05) is 25.0 Å². The van der Waals surface area contributed by atoms with Crippen LogP contribution in [0.15, 0.2) is 47.4 Å². The maximum absolute atomic E-state index is 13.5. The zero-order valence-corrected chi connectivity index (χ0v) is 20.6. The lowest BCUT2D eigenvalue weighted by atomic mass is 9.99. The molecule has 0 saturated heterocycles. The van der Waals surface area contributed by atoms with E-state index < -0.39 is 10.0 Å². The van der Waals surface area contributed by atoms with Gasteiger partial charge in [-0.05, 0) is 50.1 Å². The van der Waals surface area contributed by atoms with Gasteiger partial charge in [0, 0.05) is 24.2 Å². The highest BCUT2D eigenvalue weighted by atomic mass is 32.2. The van der Waals surface area contributed by atoms with Gasteiger partial charge < -0.3 is 10.1 Å². The monoisotopic (exact) mass is 469 g/mol. The van der Waals surface area contributed by atoms with E-state index in [9.17, 15) is 13.2 Å². The number of para-hydroxylation sites is 1. The zero-order chi connectivity index (χ0) is 24.2. The van der Waals surface area contributed by atoms with Crippen LogP contribution in [0.3, 0.4) is 0 Å². The molecule has 176 valence electrons. The third-order valence-corrected chi connectivity index (χ3v) is 7.69. The van der Waals surface area contributed by atoms with Gasteiger partial charge in [-0.15, -0.1) is 0 Å². The van der Waals surface area contributed by atoms with E-state index in [0.717, 1.165) is 22.2 Å². The molecule has 0 spiro atoms. The van der Waals surface area contributed by atoms with Crippen LogP contribution in [0, 0.1) is 6.92 Å². The molecule has 1 N–H and O–H groups in total. The number of sulfonamides is 1. The van der Waals surface area contributed by atoms with E-state index in [1.54, 1.807) is 19.9 Å². The van der Waals surface area contributed by atoms with E-state index >= 15 is 0 Å². The number of hydrogen-bond donors (Lipinski definition) is 1. The van der Waals surface area contributed by atoms with Gasteiger partial charge in [-0.1, -0.05) is 39.0 Å². The van der Waals surface area contributed by atoms with E-state index in [4.69, 9.17) is 4.74 Å². The number of carbonyl (C=O) groups excluding carboxylic acids is 1. The third kappa shape index (κ3) is 4.86. The third-order valence-electron chi connectivity index (χ3n) is 5.64. The minimum Gasteiger partial charge on any atom is -0.492 e. The lowest BCUT2D eigenvalue weighted by Crippen LogP contribution is -2.30. The molecule has 1 heterocycles. The predicted molar refractivity (Wildman–Crippen MR) is 132 cm³/mol. The summed E-state index contributed by atoms with van der Waals surface area (Å²) in [4.78, 5) is 18.3. The molecule has 0 radical (unpaired) electrons. The molecule has 1 amide bonds. The number of aryl methyl sites for hydroxylation is 1. The Morgan fingerprint density at radius 3 is 2.39 bits per heavy atom. The molecule has 3 aromatic rings. The van der Waals surface area contributed by atoms with Crippen LogP contribution in [-0.4, -0.2) is 43.3 Å². The van der Waals surface area contributed by atoms with Crippen molar-refractivity contribution in [2.45, 2.75) is 45.9 Å². The van der Waals surface area contributed by atoms with E-state index in [0.29, 0.717) is 43.1 Å². The summed E-state index contributed by atoms with van der Waals surface area (Å²) >= 11 is 0. The van der Waals surface area contributed by atoms with E-state index in [-0.39, 0.29) is 10.8 Å². The number of anilines is 1. The van der Waals surface area contributed by atoms with Crippen molar-refractivity contribution in [1.82, 2.24) is 9.29 Å². The van der Waals surface area contributed by atoms with Gasteiger partial charge >= 0.3 is 0 Å². The number of rotatable bonds is 9. The fourth-order valence-electron chi connectivity index (χ4n) is 3.94. The van der Waals surface area contributed by atoms with Crippen LogP contribution < -0.4 is 10.1 Å². The van der Waals surface area contributed by atoms with Crippen LogP contribution in [0.25, 0.3) is 10.9 Å². The zero-order valence-electron chi connectivity index (χ0n) is 19.8. The van der Waals surface area contributed by atoms with Crippen LogP contribution >= 0.6 is 0 Å². The number of carbonyl (C=O) groups is 1. The minimum absolute atomic E-state index is 0.107. The summed E-state index contributed by atoms with van der Waals surface area (Å²) in [5.41, 5.74) is 3.23. The Morgan fingerprint density at radius 2 is 1.76 bits per heavy atom. The molecule has 0 aliphatic carbocycles. The summed E-state index contributed by atoms with van der Waals surface area (Å²) < 4.78 is 33.2. The van der Waals surface area contributed by atoms with Gasteiger partial charge in [-0.2, -0.15) is 4.31 Å². The number of hydrogen-bond acceptors (Lipinski definition) is 5. The first-order valence-electron chi connectivity index (χ1n) is 11.2. The molecule has 0 aliphatic rings. The van der Waals surface area contributed by atoms with Crippen molar-refractivity contribution >= 4 is 32.5 Å². The molecule has 1 aromatic heterocycles. The summed E-state index contributed by atoms with van der Waals surface area (Å²) in [5.74, 6) is 0.0789. The Labute approximate surface area is 195 Å². The van der Waals surface area contributed by atoms with Crippen molar-refractivity contribution in [3.8, 4) is 5.75 Å². The Morgan fingerprint density at radius 1 is 1.06 bits per heavy atom. The maximum Gasteiger partial charge on any atom is 0.256 e. The van der Waals surface area contributed by atoms with E-state index in [2.05, 4.69) is 10.3 Å². The highest BCUT2D eigenvalue weighted by Gasteiger charge is 2.24. The van der Waals surface area contributed by atoms with Gasteiger partial charge in [-0.25, -0.2) is 8.42 Å². The number of fused-ring (bicyclic) bond motifs is 1. The first-order chi connectivity index (χ1) is 15.8. The van der Waals surface area contributed by atoms with Crippen LogP contribution in [0.4, 0.5) is 5.69 Å². The first-order valence-corrected chi connectivity index (χ1v) is 12.7. The lowest BCUT2D eigenvalue weighted by Gasteiger charge is -2.20. The van der Waals surface area contributed by atoms with Gasteiger partial charge in [0.15, 0.2) is 0 Å². The van der Waals surface area contributed by atoms with E-state index in [1.807, 2.05) is 45.0 Å². The largest absolute Gasteiger partial charge is 0.492 e. The van der Waals surface area contributed by atoms with Gasteiger partial charge in [0.05, 0.1) is 28.3 Å². The molecule has 0 unspecified atom stereocenters. The smallest absolute Gasteiger partial charge is 0.256 e. The Hall–Kier alpha value is -2.97. The summed E-state index contributed by atoms with van der Waals surface area (Å²) in [7, 11) is -3.69. The van der Waals surface area contributed by atoms with Crippen LogP contribution in [0.1, 0.15) is 49.3 Å². The molecule has 3 rings (SSSR count). The van der Waals surface area contributed by atoms with Gasteiger partial charge in [0.25, 0.3) is 5.91 Å². The van der Waals surface area contributed by atoms with Crippen molar-refractivity contribution in [1.29, 1.82) is 0 Å². The summed E-state index contributed by atoms with van der Waals surface area (Å²) in [6.07, 6.45) is 0.693. The van der Waals surface area contributed by atoms with Crippen molar-refractivity contribution < 1.29 is 17.9 Å². The summed E-state index contributed by atoms with van der Waals surface area (Å²) in [6.45, 7) is 10.4. The second-order valence-electron chi connectivity index (χ2n) is 7.56. The Kier molecular flexibility index (Phi) is 7.71. The number of amides is 1. The molecule has 0 fully saturated rings.